The fourth-order valence-electron chi connectivity index (χ4n) is 6.01. The van der Waals surface area contributed by atoms with Crippen molar-refractivity contribution in [2.75, 3.05) is 42.4 Å². The van der Waals surface area contributed by atoms with Crippen LogP contribution >= 0.6 is 0 Å². The number of pyridine rings is 1. The zero-order chi connectivity index (χ0) is 26.8. The van der Waals surface area contributed by atoms with Crippen LogP contribution in [0.1, 0.15) is 68.6 Å². The lowest BCUT2D eigenvalue weighted by Gasteiger charge is -2.43. The second-order valence-electron chi connectivity index (χ2n) is 10.7. The Labute approximate surface area is 224 Å². The van der Waals surface area contributed by atoms with Crippen LogP contribution in [0, 0.1) is 0 Å². The van der Waals surface area contributed by atoms with E-state index in [-0.39, 0.29) is 24.0 Å². The highest BCUT2D eigenvalue weighted by molar-refractivity contribution is 6.04. The van der Waals surface area contributed by atoms with Crippen LogP contribution in [-0.2, 0) is 4.79 Å². The molecule has 204 valence electrons. The van der Waals surface area contributed by atoms with Gasteiger partial charge in [-0.25, -0.2) is 4.98 Å². The Hall–Kier alpha value is -3.33. The van der Waals surface area contributed by atoms with Crippen molar-refractivity contribution in [3.05, 3.63) is 35.9 Å². The lowest BCUT2D eigenvalue weighted by Crippen LogP contribution is -2.55. The van der Waals surface area contributed by atoms with Crippen molar-refractivity contribution in [2.24, 2.45) is 0 Å². The van der Waals surface area contributed by atoms with Gasteiger partial charge in [-0.2, -0.15) is 0 Å². The quantitative estimate of drug-likeness (QED) is 0.566. The molecule has 3 heterocycles. The van der Waals surface area contributed by atoms with E-state index in [4.69, 9.17) is 9.72 Å². The Morgan fingerprint density at radius 2 is 1.76 bits per heavy atom. The summed E-state index contributed by atoms with van der Waals surface area (Å²) in [6.45, 7) is 3.08. The highest BCUT2D eigenvalue weighted by atomic mass is 16.5. The molecule has 0 bridgehead atoms. The summed E-state index contributed by atoms with van der Waals surface area (Å²) in [7, 11) is 3.40. The Morgan fingerprint density at radius 3 is 2.45 bits per heavy atom. The number of ether oxygens (including phenoxy) is 1. The van der Waals surface area contributed by atoms with Gasteiger partial charge in [-0.3, -0.25) is 9.59 Å². The maximum absolute atomic E-state index is 13.1. The predicted octanol–water partition coefficient (Wildman–Crippen LogP) is 4.32. The number of anilines is 4. The lowest BCUT2D eigenvalue weighted by molar-refractivity contribution is -0.119. The number of nitrogens with one attached hydrogen (secondary N) is 1. The third kappa shape index (κ3) is 5.16. The van der Waals surface area contributed by atoms with E-state index in [2.05, 4.69) is 10.2 Å². The van der Waals surface area contributed by atoms with Gasteiger partial charge in [0, 0.05) is 31.7 Å². The number of hydrogen-bond donors (Lipinski definition) is 2. The Morgan fingerprint density at radius 1 is 1.05 bits per heavy atom. The molecule has 1 aromatic carbocycles. The minimum Gasteiger partial charge on any atom is -0.495 e. The van der Waals surface area contributed by atoms with E-state index in [1.54, 1.807) is 29.0 Å². The minimum atomic E-state index is -0.330. The second kappa shape index (κ2) is 11.2. The molecular weight excluding hydrogens is 482 g/mol. The number of fused-ring (bicyclic) bond motifs is 1. The molecule has 0 radical (unpaired) electrons. The SMILES string of the molecule is COc1cc(C(=O)N2CCC(O)CC2)ccc1Nc1ccc2c(n1)N(C1CCCCCC1)[C@H](C)C(=O)N2C. The number of aromatic nitrogens is 1. The summed E-state index contributed by atoms with van der Waals surface area (Å²) >= 11 is 0. The zero-order valence-corrected chi connectivity index (χ0v) is 22.7. The summed E-state index contributed by atoms with van der Waals surface area (Å²) < 4.78 is 5.64. The van der Waals surface area contributed by atoms with Gasteiger partial charge in [0.1, 0.15) is 17.6 Å². The van der Waals surface area contributed by atoms with Gasteiger partial charge in [0.2, 0.25) is 5.91 Å². The first-order chi connectivity index (χ1) is 18.4. The van der Waals surface area contributed by atoms with Gasteiger partial charge < -0.3 is 29.9 Å². The molecule has 38 heavy (non-hydrogen) atoms. The summed E-state index contributed by atoms with van der Waals surface area (Å²) in [5.41, 5.74) is 2.08. The smallest absolute Gasteiger partial charge is 0.253 e. The van der Waals surface area contributed by atoms with Crippen molar-refractivity contribution >= 4 is 34.8 Å². The molecule has 5 rings (SSSR count). The van der Waals surface area contributed by atoms with E-state index in [0.29, 0.717) is 54.8 Å². The van der Waals surface area contributed by atoms with Gasteiger partial charge in [-0.05, 0) is 62.9 Å². The summed E-state index contributed by atoms with van der Waals surface area (Å²) in [5.74, 6) is 2.06. The summed E-state index contributed by atoms with van der Waals surface area (Å²) in [5, 5.41) is 13.1. The minimum absolute atomic E-state index is 0.0608. The largest absolute Gasteiger partial charge is 0.495 e. The molecule has 2 amide bonds. The molecule has 9 heteroatoms. The molecule has 0 spiro atoms. The standard InChI is InChI=1S/C29H39N5O4/c1-19-28(36)32(2)24-12-13-26(31-27(24)34(19)21-8-6-4-5-7-9-21)30-23-11-10-20(18-25(23)38-3)29(37)33-16-14-22(35)15-17-33/h10-13,18-19,21-22,35H,4-9,14-17H2,1-3H3,(H,30,31)/t19-/m1/s1. The molecule has 0 unspecified atom stereocenters. The summed E-state index contributed by atoms with van der Waals surface area (Å²) in [4.78, 5) is 36.8. The van der Waals surface area contributed by atoms with Gasteiger partial charge in [0.25, 0.3) is 5.91 Å². The second-order valence-corrected chi connectivity index (χ2v) is 10.7. The number of rotatable bonds is 5. The monoisotopic (exact) mass is 521 g/mol. The maximum Gasteiger partial charge on any atom is 0.253 e. The van der Waals surface area contributed by atoms with Crippen LogP contribution in [0.5, 0.6) is 5.75 Å². The first-order valence-electron chi connectivity index (χ1n) is 13.9. The van der Waals surface area contributed by atoms with Gasteiger partial charge in [0.15, 0.2) is 5.82 Å². The van der Waals surface area contributed by atoms with E-state index in [1.165, 1.54) is 25.7 Å². The average molecular weight is 522 g/mol. The molecule has 2 fully saturated rings. The number of carbonyl (C=O) groups is 2. The predicted molar refractivity (Wildman–Crippen MR) is 148 cm³/mol. The van der Waals surface area contributed by atoms with Crippen LogP contribution in [0.3, 0.4) is 0 Å². The Bertz CT molecular complexity index is 1170. The van der Waals surface area contributed by atoms with Gasteiger partial charge >= 0.3 is 0 Å². The van der Waals surface area contributed by atoms with Gasteiger partial charge in [-0.1, -0.05) is 25.7 Å². The number of nitrogens with zero attached hydrogens (tertiary/aromatic N) is 4. The highest BCUT2D eigenvalue weighted by Gasteiger charge is 2.38. The third-order valence-electron chi connectivity index (χ3n) is 8.25. The molecule has 9 nitrogen and oxygen atoms in total. The molecule has 2 aliphatic heterocycles. The number of likely N-dealkylation sites (tertiary alicyclic amines) is 1. The molecule has 1 atom stereocenters. The summed E-state index contributed by atoms with van der Waals surface area (Å²) in [6.07, 6.45) is 7.84. The molecule has 2 N–H and O–H groups in total. The lowest BCUT2D eigenvalue weighted by atomic mass is 10.0. The van der Waals surface area contributed by atoms with Gasteiger partial charge in [-0.15, -0.1) is 0 Å². The van der Waals surface area contributed by atoms with Crippen LogP contribution in [0.15, 0.2) is 30.3 Å². The Balaban J connectivity index is 1.41. The first kappa shape index (κ1) is 26.3. The number of amides is 2. The molecule has 1 saturated carbocycles. The molecule has 3 aliphatic rings. The van der Waals surface area contributed by atoms with Crippen LogP contribution in [-0.4, -0.2) is 72.2 Å². The zero-order valence-electron chi connectivity index (χ0n) is 22.7. The van der Waals surface area contributed by atoms with Crippen molar-refractivity contribution in [1.29, 1.82) is 0 Å². The molecule has 1 aliphatic carbocycles. The van der Waals surface area contributed by atoms with Crippen molar-refractivity contribution in [1.82, 2.24) is 9.88 Å². The highest BCUT2D eigenvalue weighted by Crippen LogP contribution is 2.39. The van der Waals surface area contributed by atoms with E-state index in [9.17, 15) is 14.7 Å². The summed E-state index contributed by atoms with van der Waals surface area (Å²) in [6, 6.07) is 9.24. The number of piperidine rings is 1. The number of benzene rings is 1. The van der Waals surface area contributed by atoms with Crippen molar-refractivity contribution in [3.8, 4) is 5.75 Å². The number of aliphatic hydroxyl groups is 1. The molecular formula is C29H39N5O4. The van der Waals surface area contributed by atoms with Crippen LogP contribution < -0.4 is 19.9 Å². The maximum atomic E-state index is 13.1. The normalized spacial score (nSPS) is 21.2. The number of aliphatic hydroxyl groups excluding tert-OH is 1. The molecule has 1 saturated heterocycles. The topological polar surface area (TPSA) is 98.2 Å². The first-order valence-corrected chi connectivity index (χ1v) is 13.9. The van der Waals surface area contributed by atoms with E-state index >= 15 is 0 Å². The van der Waals surface area contributed by atoms with Crippen LogP contribution in [0.4, 0.5) is 23.0 Å². The van der Waals surface area contributed by atoms with Crippen molar-refractivity contribution in [2.45, 2.75) is 76.5 Å². The van der Waals surface area contributed by atoms with Crippen LogP contribution in [0.2, 0.25) is 0 Å². The fraction of sp³-hybridized carbons (Fsp3) is 0.552. The molecule has 1 aromatic heterocycles. The Kier molecular flexibility index (Phi) is 7.74. The number of carbonyl (C=O) groups excluding carboxylic acids is 2. The van der Waals surface area contributed by atoms with E-state index in [0.717, 1.165) is 24.3 Å². The number of likely N-dealkylation sites (N-methyl/N-ethyl adjacent to an activating group) is 1. The number of hydrogen-bond acceptors (Lipinski definition) is 7. The number of methoxy groups -OCH3 is 1. The average Bonchev–Trinajstić information content (AvgIpc) is 3.21. The van der Waals surface area contributed by atoms with E-state index < -0.39 is 0 Å². The fourth-order valence-corrected chi connectivity index (χ4v) is 6.01. The van der Waals surface area contributed by atoms with Crippen molar-refractivity contribution < 1.29 is 19.4 Å². The van der Waals surface area contributed by atoms with Crippen molar-refractivity contribution in [3.63, 3.8) is 0 Å². The van der Waals surface area contributed by atoms with Gasteiger partial charge in [0.05, 0.1) is 24.6 Å². The van der Waals surface area contributed by atoms with Crippen LogP contribution in [0.25, 0.3) is 0 Å². The molecule has 2 aromatic rings. The third-order valence-corrected chi connectivity index (χ3v) is 8.25. The van der Waals surface area contributed by atoms with E-state index in [1.807, 2.05) is 32.2 Å².